The number of rotatable bonds is 53. The number of allylic oxidation sites excluding steroid dienone is 20. The second-order valence-corrected chi connectivity index (χ2v) is 19.5. The van der Waals surface area contributed by atoms with Crippen molar-refractivity contribution in [1.29, 1.82) is 0 Å². The fourth-order valence-corrected chi connectivity index (χ4v) is 7.93. The van der Waals surface area contributed by atoms with Gasteiger partial charge in [-0.1, -0.05) is 239 Å². The van der Waals surface area contributed by atoms with Crippen LogP contribution in [-0.2, 0) is 28.6 Å². The van der Waals surface area contributed by atoms with Crippen LogP contribution >= 0.6 is 0 Å². The van der Waals surface area contributed by atoms with Crippen LogP contribution in [0.4, 0.5) is 0 Å². The van der Waals surface area contributed by atoms with Crippen molar-refractivity contribution in [3.8, 4) is 0 Å². The predicted molar refractivity (Wildman–Crippen MR) is 316 cm³/mol. The number of carbonyl (C=O) groups is 3. The molecule has 6 nitrogen and oxygen atoms in total. The summed E-state index contributed by atoms with van der Waals surface area (Å²) < 4.78 is 16.8. The fraction of sp³-hybridized carbons (Fsp3) is 0.657. The van der Waals surface area contributed by atoms with Crippen LogP contribution in [0.3, 0.4) is 0 Å². The van der Waals surface area contributed by atoms with Crippen molar-refractivity contribution in [3.63, 3.8) is 0 Å². The Morgan fingerprint density at radius 3 is 0.945 bits per heavy atom. The van der Waals surface area contributed by atoms with Crippen LogP contribution in [0, 0.1) is 0 Å². The van der Waals surface area contributed by atoms with Crippen molar-refractivity contribution in [2.75, 3.05) is 13.2 Å². The molecule has 0 fully saturated rings. The molecule has 1 atom stereocenters. The third-order valence-electron chi connectivity index (χ3n) is 12.4. The monoisotopic (exact) mass is 1010 g/mol. The van der Waals surface area contributed by atoms with E-state index in [1.165, 1.54) is 116 Å². The van der Waals surface area contributed by atoms with Gasteiger partial charge in [-0.25, -0.2) is 0 Å². The Bertz CT molecular complexity index is 1540. The lowest BCUT2D eigenvalue weighted by molar-refractivity contribution is -0.167. The largest absolute Gasteiger partial charge is 0.462 e. The number of hydrogen-bond acceptors (Lipinski definition) is 6. The van der Waals surface area contributed by atoms with Gasteiger partial charge in [0, 0.05) is 19.3 Å². The lowest BCUT2D eigenvalue weighted by Crippen LogP contribution is -2.30. The molecular formula is C67H110O6. The van der Waals surface area contributed by atoms with Crippen LogP contribution in [0.25, 0.3) is 0 Å². The molecule has 414 valence electrons. The summed E-state index contributed by atoms with van der Waals surface area (Å²) in [6.07, 6.45) is 83.4. The molecule has 0 aromatic carbocycles. The first-order valence-corrected chi connectivity index (χ1v) is 30.0. The van der Waals surface area contributed by atoms with Crippen molar-refractivity contribution < 1.29 is 28.6 Å². The van der Waals surface area contributed by atoms with E-state index in [-0.39, 0.29) is 44.0 Å². The van der Waals surface area contributed by atoms with Crippen LogP contribution in [0.15, 0.2) is 122 Å². The zero-order chi connectivity index (χ0) is 52.9. The molecule has 0 unspecified atom stereocenters. The van der Waals surface area contributed by atoms with Gasteiger partial charge < -0.3 is 14.2 Å². The molecule has 0 aliphatic carbocycles. The Morgan fingerprint density at radius 2 is 0.548 bits per heavy atom. The molecule has 0 N–H and O–H groups in total. The zero-order valence-corrected chi connectivity index (χ0v) is 47.4. The zero-order valence-electron chi connectivity index (χ0n) is 47.4. The number of hydrogen-bond donors (Lipinski definition) is 0. The van der Waals surface area contributed by atoms with Crippen LogP contribution < -0.4 is 0 Å². The Morgan fingerprint density at radius 1 is 0.288 bits per heavy atom. The normalized spacial score (nSPS) is 13.0. The quantitative estimate of drug-likeness (QED) is 0.0261. The summed E-state index contributed by atoms with van der Waals surface area (Å²) in [4.78, 5) is 38.2. The average Bonchev–Trinajstić information content (AvgIpc) is 3.39. The third kappa shape index (κ3) is 58.6. The number of esters is 3. The minimum absolute atomic E-state index is 0.112. The topological polar surface area (TPSA) is 78.9 Å². The van der Waals surface area contributed by atoms with Crippen molar-refractivity contribution in [1.82, 2.24) is 0 Å². The molecule has 0 aliphatic heterocycles. The Kier molecular flexibility index (Phi) is 56.9. The van der Waals surface area contributed by atoms with Crippen LogP contribution in [-0.4, -0.2) is 37.2 Å². The SMILES string of the molecule is CC/C=C\C/C=C\C/C=C\C/C=C\C/C=C\CCCCCC(=O)O[C@H](COC(=O)CCC/C=C\C/C=C\C/C=C\C/C=C\CCCCC)COC(=O)CCCCCCCCCCC/C=C\CCCCCCCC. The summed E-state index contributed by atoms with van der Waals surface area (Å²) >= 11 is 0. The van der Waals surface area contributed by atoms with Crippen molar-refractivity contribution in [3.05, 3.63) is 122 Å². The minimum atomic E-state index is -0.823. The molecule has 0 radical (unpaired) electrons. The minimum Gasteiger partial charge on any atom is -0.462 e. The van der Waals surface area contributed by atoms with E-state index in [4.69, 9.17) is 14.2 Å². The molecule has 0 aromatic rings. The molecule has 0 aliphatic rings. The molecule has 0 saturated carbocycles. The van der Waals surface area contributed by atoms with Crippen LogP contribution in [0.2, 0.25) is 0 Å². The van der Waals surface area contributed by atoms with E-state index in [1.54, 1.807) is 0 Å². The molecule has 0 amide bonds. The maximum Gasteiger partial charge on any atom is 0.306 e. The molecule has 0 bridgehead atoms. The highest BCUT2D eigenvalue weighted by Crippen LogP contribution is 2.14. The van der Waals surface area contributed by atoms with Gasteiger partial charge in [-0.15, -0.1) is 0 Å². The van der Waals surface area contributed by atoms with Gasteiger partial charge in [0.25, 0.3) is 0 Å². The van der Waals surface area contributed by atoms with Gasteiger partial charge in [0.15, 0.2) is 6.10 Å². The van der Waals surface area contributed by atoms with Crippen LogP contribution in [0.5, 0.6) is 0 Å². The van der Waals surface area contributed by atoms with Gasteiger partial charge in [-0.3, -0.25) is 14.4 Å². The first-order valence-electron chi connectivity index (χ1n) is 30.0. The molecule has 0 saturated heterocycles. The van der Waals surface area contributed by atoms with E-state index in [0.717, 1.165) is 96.3 Å². The summed E-state index contributed by atoms with van der Waals surface area (Å²) in [5, 5.41) is 0. The van der Waals surface area contributed by atoms with E-state index in [9.17, 15) is 14.4 Å². The van der Waals surface area contributed by atoms with Gasteiger partial charge in [0.1, 0.15) is 13.2 Å². The van der Waals surface area contributed by atoms with Gasteiger partial charge in [-0.05, 0) is 128 Å². The van der Waals surface area contributed by atoms with E-state index in [0.29, 0.717) is 19.3 Å². The van der Waals surface area contributed by atoms with E-state index in [1.807, 2.05) is 0 Å². The molecule has 6 heteroatoms. The number of carbonyl (C=O) groups excluding carboxylic acids is 3. The maximum atomic E-state index is 12.9. The highest BCUT2D eigenvalue weighted by Gasteiger charge is 2.19. The molecule has 0 aromatic heterocycles. The second kappa shape index (κ2) is 60.4. The van der Waals surface area contributed by atoms with Crippen LogP contribution in [0.1, 0.15) is 265 Å². The predicted octanol–water partition coefficient (Wildman–Crippen LogP) is 20.4. The lowest BCUT2D eigenvalue weighted by Gasteiger charge is -2.18. The van der Waals surface area contributed by atoms with E-state index >= 15 is 0 Å². The fourth-order valence-electron chi connectivity index (χ4n) is 7.93. The highest BCUT2D eigenvalue weighted by molar-refractivity contribution is 5.71. The van der Waals surface area contributed by atoms with Gasteiger partial charge >= 0.3 is 17.9 Å². The molecule has 73 heavy (non-hydrogen) atoms. The number of ether oxygens (including phenoxy) is 3. The van der Waals surface area contributed by atoms with Gasteiger partial charge in [0.2, 0.25) is 0 Å². The Labute approximate surface area is 450 Å². The Hall–Kier alpha value is -4.19. The van der Waals surface area contributed by atoms with Crippen molar-refractivity contribution in [2.45, 2.75) is 271 Å². The first kappa shape index (κ1) is 68.8. The lowest BCUT2D eigenvalue weighted by atomic mass is 10.1. The van der Waals surface area contributed by atoms with E-state index < -0.39 is 6.10 Å². The summed E-state index contributed by atoms with van der Waals surface area (Å²) in [6.45, 7) is 6.42. The summed E-state index contributed by atoms with van der Waals surface area (Å²) in [5.74, 6) is -1.00. The average molecular weight is 1010 g/mol. The summed E-state index contributed by atoms with van der Waals surface area (Å²) in [6, 6.07) is 0. The molecule has 0 heterocycles. The first-order chi connectivity index (χ1) is 36.0. The van der Waals surface area contributed by atoms with Crippen molar-refractivity contribution >= 4 is 17.9 Å². The highest BCUT2D eigenvalue weighted by atomic mass is 16.6. The smallest absolute Gasteiger partial charge is 0.306 e. The van der Waals surface area contributed by atoms with Crippen molar-refractivity contribution in [2.24, 2.45) is 0 Å². The molecular weight excluding hydrogens is 901 g/mol. The van der Waals surface area contributed by atoms with E-state index in [2.05, 4.69) is 142 Å². The Balaban J connectivity index is 4.54. The van der Waals surface area contributed by atoms with Gasteiger partial charge in [0.05, 0.1) is 0 Å². The molecule has 0 rings (SSSR count). The summed E-state index contributed by atoms with van der Waals surface area (Å²) in [7, 11) is 0. The second-order valence-electron chi connectivity index (χ2n) is 19.5. The molecule has 0 spiro atoms. The standard InChI is InChI=1S/C67H110O6/c1-4-7-10-13-16-19-22-25-28-31-33-36-39-42-45-48-51-54-57-60-66(69)72-63-64(62-71-65(68)59-56-53-50-47-44-41-38-35-30-27-24-21-18-15-12-9-6-3)73-67(70)61-58-55-52-49-46-43-40-37-34-32-29-26-23-20-17-14-11-8-5-2/h8,11,17-18,20-21,25-30,34,37-38,41,43,46-47,50,64H,4-7,9-10,12-16,19,22-24,31-33,35-36,39-40,42,44-45,48-49,51-63H2,1-3H3/b11-8-,20-17-,21-18-,28-25-,29-26-,30-27-,37-34-,41-38-,46-43-,50-47-/t64-/m1/s1. The maximum absolute atomic E-state index is 12.9. The summed E-state index contributed by atoms with van der Waals surface area (Å²) in [5.41, 5.74) is 0. The third-order valence-corrected chi connectivity index (χ3v) is 12.4. The van der Waals surface area contributed by atoms with Gasteiger partial charge in [-0.2, -0.15) is 0 Å². The number of unbranched alkanes of at least 4 members (excludes halogenated alkanes) is 22.